The normalized spacial score (nSPS) is 16.4. The van der Waals surface area contributed by atoms with Crippen molar-refractivity contribution in [3.05, 3.63) is 60.2 Å². The van der Waals surface area contributed by atoms with Crippen LogP contribution < -0.4 is 4.46 Å². The van der Waals surface area contributed by atoms with E-state index >= 15 is 0 Å². The van der Waals surface area contributed by atoms with E-state index < -0.39 is 0 Å². The Morgan fingerprint density at radius 2 is 1.76 bits per heavy atom. The summed E-state index contributed by atoms with van der Waals surface area (Å²) in [6, 6.07) is 19.0. The van der Waals surface area contributed by atoms with Crippen molar-refractivity contribution in [3.63, 3.8) is 0 Å². The van der Waals surface area contributed by atoms with E-state index in [2.05, 4.69) is 62.4 Å². The van der Waals surface area contributed by atoms with Crippen molar-refractivity contribution in [1.29, 1.82) is 0 Å². The maximum absolute atomic E-state index is 5.79. The third kappa shape index (κ3) is 3.70. The molecule has 0 saturated heterocycles. The first-order valence-electron chi connectivity index (χ1n) is 6.86. The van der Waals surface area contributed by atoms with Crippen molar-refractivity contribution < 1.29 is 4.74 Å². The van der Waals surface area contributed by atoms with Gasteiger partial charge in [-0.15, -0.1) is 0 Å². The molecule has 0 unspecified atom stereocenters. The summed E-state index contributed by atoms with van der Waals surface area (Å²) < 4.78 is 7.18. The van der Waals surface area contributed by atoms with Crippen molar-refractivity contribution in [2.24, 2.45) is 4.99 Å². The van der Waals surface area contributed by atoms with Gasteiger partial charge in [-0.1, -0.05) is 0 Å². The van der Waals surface area contributed by atoms with Crippen molar-refractivity contribution in [2.45, 2.75) is 24.3 Å². The molecule has 3 rings (SSSR count). The van der Waals surface area contributed by atoms with Crippen LogP contribution in [0.15, 0.2) is 64.5 Å². The Morgan fingerprint density at radius 3 is 2.48 bits per heavy atom. The molecule has 0 fully saturated rings. The van der Waals surface area contributed by atoms with Crippen molar-refractivity contribution in [1.82, 2.24) is 0 Å². The molecule has 4 heteroatoms. The van der Waals surface area contributed by atoms with Gasteiger partial charge in [-0.3, -0.25) is 0 Å². The number of hydrogen-bond acceptors (Lipinski definition) is 3. The summed E-state index contributed by atoms with van der Waals surface area (Å²) in [6.45, 7) is 4.86. The van der Waals surface area contributed by atoms with E-state index in [1.807, 2.05) is 16.2 Å². The summed E-state index contributed by atoms with van der Waals surface area (Å²) in [6.07, 6.45) is 0. The molecule has 0 atom stereocenters. The van der Waals surface area contributed by atoms with Gasteiger partial charge in [0.15, 0.2) is 0 Å². The molecule has 1 aliphatic heterocycles. The average molecular weight is 362 g/mol. The summed E-state index contributed by atoms with van der Waals surface area (Å²) in [4.78, 5) is 5.94. The van der Waals surface area contributed by atoms with Crippen LogP contribution >= 0.6 is 10.2 Å². The Bertz CT molecular complexity index is 655. The first-order valence-corrected chi connectivity index (χ1v) is 10.6. The van der Waals surface area contributed by atoms with Crippen LogP contribution in [-0.4, -0.2) is 31.9 Å². The molecule has 108 valence electrons. The Hall–Kier alpha value is -1.22. The second-order valence-corrected chi connectivity index (χ2v) is 9.35. The number of rotatable bonds is 4. The maximum atomic E-state index is 5.79. The first-order chi connectivity index (χ1) is 10.1. The number of aliphatic imine (C=N–C) groups is 1. The van der Waals surface area contributed by atoms with Crippen LogP contribution in [0.1, 0.15) is 19.4 Å². The van der Waals surface area contributed by atoms with E-state index in [0.717, 1.165) is 11.5 Å². The van der Waals surface area contributed by atoms with Gasteiger partial charge in [-0.2, -0.15) is 0 Å². The van der Waals surface area contributed by atoms with Gasteiger partial charge in [0.1, 0.15) is 0 Å². The summed E-state index contributed by atoms with van der Waals surface area (Å²) in [5, 5.41) is 0. The summed E-state index contributed by atoms with van der Waals surface area (Å²) >= 11 is 0.353. The van der Waals surface area contributed by atoms with Crippen LogP contribution in [0.5, 0.6) is 0 Å². The number of nitrogens with zero attached hydrogens (tertiary/aromatic N) is 1. The van der Waals surface area contributed by atoms with Crippen LogP contribution in [-0.2, 0) is 4.74 Å². The van der Waals surface area contributed by atoms with Gasteiger partial charge in [-0.25, -0.2) is 0 Å². The summed E-state index contributed by atoms with van der Waals surface area (Å²) in [5.74, 6) is 0.784. The summed E-state index contributed by atoms with van der Waals surface area (Å²) in [5.41, 5.74) is 1.00. The molecule has 0 spiro atoms. The molecule has 0 bridgehead atoms. The van der Waals surface area contributed by atoms with Crippen LogP contribution in [0.25, 0.3) is 0 Å². The van der Waals surface area contributed by atoms with E-state index in [4.69, 9.17) is 9.73 Å². The molecule has 2 nitrogen and oxygen atoms in total. The zero-order chi connectivity index (χ0) is 14.7. The second-order valence-electron chi connectivity index (χ2n) is 5.49. The molecule has 0 aliphatic carbocycles. The predicted molar refractivity (Wildman–Crippen MR) is 90.7 cm³/mol. The first kappa shape index (κ1) is 14.7. The van der Waals surface area contributed by atoms with E-state index in [-0.39, 0.29) is 5.54 Å². The van der Waals surface area contributed by atoms with E-state index in [1.165, 1.54) is 9.36 Å². The molecule has 21 heavy (non-hydrogen) atoms. The average Bonchev–Trinajstić information content (AvgIpc) is 2.86. The minimum absolute atomic E-state index is 0.113. The molecule has 0 aromatic heterocycles. The zero-order valence-electron chi connectivity index (χ0n) is 12.1. The van der Waals surface area contributed by atoms with Crippen LogP contribution in [0, 0.1) is 0 Å². The zero-order valence-corrected chi connectivity index (χ0v) is 14.6. The Balaban J connectivity index is 1.81. The fourth-order valence-corrected chi connectivity index (χ4v) is 5.80. The van der Waals surface area contributed by atoms with Gasteiger partial charge in [0.25, 0.3) is 0 Å². The third-order valence-corrected chi connectivity index (χ3v) is 7.30. The topological polar surface area (TPSA) is 21.6 Å². The molecule has 2 aromatic rings. The number of benzene rings is 2. The molecular formula is C17H17NOSSe. The van der Waals surface area contributed by atoms with Crippen LogP contribution in [0.3, 0.4) is 0 Å². The summed E-state index contributed by atoms with van der Waals surface area (Å²) in [7, 11) is 1.89. The molecule has 2 aromatic carbocycles. The number of ether oxygens (including phenoxy) is 1. The number of hydrogen-bond donors (Lipinski definition) is 0. The Labute approximate surface area is 135 Å². The second kappa shape index (κ2) is 6.27. The van der Waals surface area contributed by atoms with Crippen LogP contribution in [0.4, 0.5) is 0 Å². The Morgan fingerprint density at radius 1 is 1.05 bits per heavy atom. The van der Waals surface area contributed by atoms with Gasteiger partial charge in [0.05, 0.1) is 0 Å². The fourth-order valence-electron chi connectivity index (χ4n) is 2.01. The molecular weight excluding hydrogens is 345 g/mol. The van der Waals surface area contributed by atoms with Crippen molar-refractivity contribution >= 4 is 34.4 Å². The van der Waals surface area contributed by atoms with E-state index in [0.29, 0.717) is 20.4 Å². The van der Waals surface area contributed by atoms with Crippen LogP contribution in [0.2, 0.25) is 0 Å². The van der Waals surface area contributed by atoms with Crippen molar-refractivity contribution in [2.75, 3.05) is 6.61 Å². The van der Waals surface area contributed by atoms with E-state index in [9.17, 15) is 0 Å². The molecule has 0 radical (unpaired) electrons. The molecule has 1 aliphatic rings. The molecule has 1 heterocycles. The quantitative estimate of drug-likeness (QED) is 0.779. The van der Waals surface area contributed by atoms with Gasteiger partial charge in [-0.05, 0) is 0 Å². The standard InChI is InChI=1S/C17H17NOSSe/c1-17(2)12-19-16(18-17)14-10-6-7-11-15(14)20-21-13-8-4-3-5-9-13/h3-11H,12H2,1-2H3. The third-order valence-electron chi connectivity index (χ3n) is 3.05. The monoisotopic (exact) mass is 363 g/mol. The molecule has 0 amide bonds. The van der Waals surface area contributed by atoms with E-state index in [1.54, 1.807) is 0 Å². The fraction of sp³-hybridized carbons (Fsp3) is 0.235. The SMILES string of the molecule is CC1(C)COC(c2ccccc2S[Se]c2ccccc2)=N1. The molecule has 0 N–H and O–H groups in total. The van der Waals surface area contributed by atoms with Gasteiger partial charge in [0, 0.05) is 0 Å². The van der Waals surface area contributed by atoms with Gasteiger partial charge < -0.3 is 0 Å². The predicted octanol–water partition coefficient (Wildman–Crippen LogP) is 3.28. The van der Waals surface area contributed by atoms with Gasteiger partial charge >= 0.3 is 135 Å². The minimum atomic E-state index is -0.113. The Kier molecular flexibility index (Phi) is 4.39. The molecule has 0 saturated carbocycles. The van der Waals surface area contributed by atoms with Gasteiger partial charge in [0.2, 0.25) is 0 Å². The van der Waals surface area contributed by atoms with Crippen molar-refractivity contribution in [3.8, 4) is 0 Å².